The zero-order valence-electron chi connectivity index (χ0n) is 11.0. The number of thiophene rings is 1. The van der Waals surface area contributed by atoms with Gasteiger partial charge in [0.25, 0.3) is 5.91 Å². The molecular weight excluding hydrogens is 262 g/mol. The second kappa shape index (κ2) is 5.61. The van der Waals surface area contributed by atoms with Crippen LogP contribution in [0.15, 0.2) is 0 Å². The summed E-state index contributed by atoms with van der Waals surface area (Å²) < 4.78 is 0. The molecule has 5 N–H and O–H groups in total. The molecule has 0 spiro atoms. The van der Waals surface area contributed by atoms with E-state index in [1.54, 1.807) is 0 Å². The number of Topliss-reactive ketones (excluding diaryl/α,β-unsaturated/α-hetero) is 1. The lowest BCUT2D eigenvalue weighted by Crippen LogP contribution is -2.23. The number of anilines is 2. The molecule has 6 heteroatoms. The van der Waals surface area contributed by atoms with Crippen molar-refractivity contribution in [2.45, 2.75) is 45.1 Å². The SMILES string of the molecule is CC(=O)c1sc(NC2CCCCC2)c(C(N)=O)c1N. The molecule has 0 aliphatic heterocycles. The van der Waals surface area contributed by atoms with E-state index < -0.39 is 5.91 Å². The van der Waals surface area contributed by atoms with Crippen LogP contribution in [0.3, 0.4) is 0 Å². The topological polar surface area (TPSA) is 98.2 Å². The maximum Gasteiger partial charge on any atom is 0.253 e. The second-order valence-corrected chi connectivity index (χ2v) is 5.97. The van der Waals surface area contributed by atoms with Crippen LogP contribution in [0.25, 0.3) is 0 Å². The Morgan fingerprint density at radius 2 is 1.89 bits per heavy atom. The first-order valence-electron chi connectivity index (χ1n) is 6.50. The van der Waals surface area contributed by atoms with Crippen LogP contribution in [-0.4, -0.2) is 17.7 Å². The normalized spacial score (nSPS) is 16.3. The van der Waals surface area contributed by atoms with Gasteiger partial charge in [0.05, 0.1) is 16.1 Å². The molecule has 5 nitrogen and oxygen atoms in total. The third-order valence-electron chi connectivity index (χ3n) is 3.45. The summed E-state index contributed by atoms with van der Waals surface area (Å²) in [6.45, 7) is 1.44. The number of carbonyl (C=O) groups is 2. The lowest BCUT2D eigenvalue weighted by molar-refractivity contribution is 0.100. The predicted octanol–water partition coefficient (Wildman–Crippen LogP) is 2.38. The van der Waals surface area contributed by atoms with Crippen molar-refractivity contribution in [3.8, 4) is 0 Å². The largest absolute Gasteiger partial charge is 0.397 e. The Hall–Kier alpha value is -1.56. The van der Waals surface area contributed by atoms with Crippen molar-refractivity contribution < 1.29 is 9.59 Å². The van der Waals surface area contributed by atoms with Crippen LogP contribution in [-0.2, 0) is 0 Å². The van der Waals surface area contributed by atoms with Gasteiger partial charge in [0.1, 0.15) is 5.00 Å². The van der Waals surface area contributed by atoms with Crippen LogP contribution in [0.2, 0.25) is 0 Å². The zero-order valence-corrected chi connectivity index (χ0v) is 11.8. The summed E-state index contributed by atoms with van der Waals surface area (Å²) in [5.74, 6) is -0.721. The fourth-order valence-corrected chi connectivity index (χ4v) is 3.58. The van der Waals surface area contributed by atoms with Crippen molar-refractivity contribution in [2.75, 3.05) is 11.1 Å². The van der Waals surface area contributed by atoms with Gasteiger partial charge in [0.2, 0.25) is 0 Å². The summed E-state index contributed by atoms with van der Waals surface area (Å²) in [5.41, 5.74) is 11.7. The molecule has 1 aromatic heterocycles. The summed E-state index contributed by atoms with van der Waals surface area (Å²) in [7, 11) is 0. The average molecular weight is 281 g/mol. The molecule has 0 unspecified atom stereocenters. The van der Waals surface area contributed by atoms with Gasteiger partial charge in [-0.3, -0.25) is 9.59 Å². The van der Waals surface area contributed by atoms with Crippen molar-refractivity contribution in [1.82, 2.24) is 0 Å². The van der Waals surface area contributed by atoms with Crippen molar-refractivity contribution >= 4 is 33.7 Å². The molecule has 0 aromatic carbocycles. The van der Waals surface area contributed by atoms with Crippen molar-refractivity contribution in [2.24, 2.45) is 5.73 Å². The first-order chi connectivity index (χ1) is 9.00. The monoisotopic (exact) mass is 281 g/mol. The summed E-state index contributed by atoms with van der Waals surface area (Å²) in [5, 5.41) is 3.97. The van der Waals surface area contributed by atoms with E-state index in [4.69, 9.17) is 11.5 Å². The fraction of sp³-hybridized carbons (Fsp3) is 0.538. The van der Waals surface area contributed by atoms with Gasteiger partial charge in [0, 0.05) is 13.0 Å². The molecule has 1 aromatic rings. The van der Waals surface area contributed by atoms with Crippen molar-refractivity contribution in [3.05, 3.63) is 10.4 Å². The number of primary amides is 1. The minimum Gasteiger partial charge on any atom is -0.397 e. The molecule has 0 atom stereocenters. The Morgan fingerprint density at radius 3 is 2.42 bits per heavy atom. The number of hydrogen-bond donors (Lipinski definition) is 3. The highest BCUT2D eigenvalue weighted by Gasteiger charge is 2.24. The molecule has 1 fully saturated rings. The molecule has 104 valence electrons. The molecule has 0 bridgehead atoms. The van der Waals surface area contributed by atoms with E-state index >= 15 is 0 Å². The minimum atomic E-state index is -0.584. The number of hydrogen-bond acceptors (Lipinski definition) is 5. The molecule has 2 rings (SSSR count). The smallest absolute Gasteiger partial charge is 0.253 e. The van der Waals surface area contributed by atoms with Crippen LogP contribution in [0.1, 0.15) is 59.1 Å². The summed E-state index contributed by atoms with van der Waals surface area (Å²) >= 11 is 1.23. The third kappa shape index (κ3) is 2.89. The van der Waals surface area contributed by atoms with E-state index in [2.05, 4.69) is 5.32 Å². The number of nitrogens with two attached hydrogens (primary N) is 2. The molecule has 1 heterocycles. The molecular formula is C13H19N3O2S. The highest BCUT2D eigenvalue weighted by atomic mass is 32.1. The Bertz CT molecular complexity index is 504. The van der Waals surface area contributed by atoms with Gasteiger partial charge < -0.3 is 16.8 Å². The quantitative estimate of drug-likeness (QED) is 0.738. The van der Waals surface area contributed by atoms with Crippen LogP contribution >= 0.6 is 11.3 Å². The lowest BCUT2D eigenvalue weighted by Gasteiger charge is -2.23. The van der Waals surface area contributed by atoms with Gasteiger partial charge in [-0.15, -0.1) is 11.3 Å². The average Bonchev–Trinajstić information content (AvgIpc) is 2.67. The molecule has 1 amide bonds. The van der Waals surface area contributed by atoms with Gasteiger partial charge in [-0.2, -0.15) is 0 Å². The second-order valence-electron chi connectivity index (χ2n) is 4.95. The number of nitrogen functional groups attached to an aromatic ring is 1. The van der Waals surface area contributed by atoms with E-state index in [1.807, 2.05) is 0 Å². The van der Waals surface area contributed by atoms with Crippen molar-refractivity contribution in [1.29, 1.82) is 0 Å². The van der Waals surface area contributed by atoms with Gasteiger partial charge in [-0.25, -0.2) is 0 Å². The van der Waals surface area contributed by atoms with Gasteiger partial charge in [0.15, 0.2) is 5.78 Å². The highest BCUT2D eigenvalue weighted by molar-refractivity contribution is 7.19. The van der Waals surface area contributed by atoms with E-state index in [0.717, 1.165) is 12.8 Å². The molecule has 1 saturated carbocycles. The number of carbonyl (C=O) groups excluding carboxylic acids is 2. The molecule has 0 radical (unpaired) electrons. The lowest BCUT2D eigenvalue weighted by atomic mass is 9.95. The van der Waals surface area contributed by atoms with Gasteiger partial charge in [-0.1, -0.05) is 19.3 Å². The summed E-state index contributed by atoms with van der Waals surface area (Å²) in [6.07, 6.45) is 5.77. The Balaban J connectivity index is 2.30. The number of ketones is 1. The highest BCUT2D eigenvalue weighted by Crippen LogP contribution is 2.37. The number of rotatable bonds is 4. The van der Waals surface area contributed by atoms with E-state index in [0.29, 0.717) is 15.9 Å². The maximum absolute atomic E-state index is 11.5. The molecule has 1 aliphatic carbocycles. The standard InChI is InChI=1S/C13H19N3O2S/c1-7(17)11-10(14)9(12(15)18)13(19-11)16-8-5-3-2-4-6-8/h8,16H,2-6,14H2,1H3,(H2,15,18). The Kier molecular flexibility index (Phi) is 4.09. The third-order valence-corrected chi connectivity index (χ3v) is 4.69. The molecule has 0 saturated heterocycles. The first kappa shape index (κ1) is 13.9. The van der Waals surface area contributed by atoms with Gasteiger partial charge in [-0.05, 0) is 12.8 Å². The van der Waals surface area contributed by atoms with Crippen LogP contribution < -0.4 is 16.8 Å². The van der Waals surface area contributed by atoms with Crippen molar-refractivity contribution in [3.63, 3.8) is 0 Å². The number of amides is 1. The van der Waals surface area contributed by atoms with E-state index in [9.17, 15) is 9.59 Å². The maximum atomic E-state index is 11.5. The summed E-state index contributed by atoms with van der Waals surface area (Å²) in [4.78, 5) is 23.4. The predicted molar refractivity (Wildman–Crippen MR) is 77.7 cm³/mol. The van der Waals surface area contributed by atoms with Crippen LogP contribution in [0.4, 0.5) is 10.7 Å². The molecule has 19 heavy (non-hydrogen) atoms. The van der Waals surface area contributed by atoms with Gasteiger partial charge >= 0.3 is 0 Å². The fourth-order valence-electron chi connectivity index (χ4n) is 2.48. The van der Waals surface area contributed by atoms with E-state index in [1.165, 1.54) is 37.5 Å². The van der Waals surface area contributed by atoms with E-state index in [-0.39, 0.29) is 17.0 Å². The number of nitrogens with one attached hydrogen (secondary N) is 1. The molecule has 1 aliphatic rings. The zero-order chi connectivity index (χ0) is 14.0. The minimum absolute atomic E-state index is 0.137. The Morgan fingerprint density at radius 1 is 1.26 bits per heavy atom. The van der Waals surface area contributed by atoms with Crippen LogP contribution in [0.5, 0.6) is 0 Å². The van der Waals surface area contributed by atoms with Crippen LogP contribution in [0, 0.1) is 0 Å². The Labute approximate surface area is 116 Å². The summed E-state index contributed by atoms with van der Waals surface area (Å²) in [6, 6.07) is 0.338. The first-order valence-corrected chi connectivity index (χ1v) is 7.32.